The fraction of sp³-hybridized carbons (Fsp3) is 0.133. The normalized spacial score (nSPS) is 12.7. The third kappa shape index (κ3) is 2.67. The molecule has 1 aromatic carbocycles. The first-order valence-corrected chi connectivity index (χ1v) is 6.70. The number of hydrogen-bond donors (Lipinski definition) is 2. The Bertz CT molecular complexity index is 798. The molecule has 0 fully saturated rings. The number of carboxylic acid groups (broad SMARTS) is 1. The SMILES string of the molecule is N#Cc1cnc2c(c1Oc1ccc(N)cc1)OCCN2C(=O)O. The van der Waals surface area contributed by atoms with Gasteiger partial charge in [-0.25, -0.2) is 9.78 Å². The molecule has 1 amide bonds. The fourth-order valence-electron chi connectivity index (χ4n) is 2.15. The van der Waals surface area contributed by atoms with E-state index in [0.29, 0.717) is 11.4 Å². The molecule has 0 saturated carbocycles. The summed E-state index contributed by atoms with van der Waals surface area (Å²) in [5, 5.41) is 18.5. The molecule has 3 rings (SSSR count). The fourth-order valence-corrected chi connectivity index (χ4v) is 2.15. The summed E-state index contributed by atoms with van der Waals surface area (Å²) < 4.78 is 11.2. The molecule has 0 saturated heterocycles. The first-order valence-electron chi connectivity index (χ1n) is 6.70. The Labute approximate surface area is 131 Å². The average molecular weight is 312 g/mol. The number of nitrogens with two attached hydrogens (primary N) is 1. The zero-order chi connectivity index (χ0) is 16.4. The summed E-state index contributed by atoms with van der Waals surface area (Å²) in [6.45, 7) is 0.302. The molecule has 23 heavy (non-hydrogen) atoms. The number of anilines is 2. The quantitative estimate of drug-likeness (QED) is 0.815. The van der Waals surface area contributed by atoms with Gasteiger partial charge in [-0.3, -0.25) is 4.90 Å². The number of benzene rings is 1. The first kappa shape index (κ1) is 14.5. The van der Waals surface area contributed by atoms with Gasteiger partial charge >= 0.3 is 6.09 Å². The Kier molecular flexibility index (Phi) is 3.60. The third-order valence-corrected chi connectivity index (χ3v) is 3.24. The van der Waals surface area contributed by atoms with E-state index in [1.165, 1.54) is 6.20 Å². The van der Waals surface area contributed by atoms with Gasteiger partial charge in [0.1, 0.15) is 24.0 Å². The number of carbonyl (C=O) groups is 1. The summed E-state index contributed by atoms with van der Waals surface area (Å²) in [5.41, 5.74) is 6.34. The number of aromatic nitrogens is 1. The van der Waals surface area contributed by atoms with Gasteiger partial charge in [-0.1, -0.05) is 0 Å². The van der Waals surface area contributed by atoms with Gasteiger partial charge < -0.3 is 20.3 Å². The molecule has 0 radical (unpaired) electrons. The van der Waals surface area contributed by atoms with E-state index in [0.717, 1.165) is 4.90 Å². The predicted molar refractivity (Wildman–Crippen MR) is 80.7 cm³/mol. The van der Waals surface area contributed by atoms with E-state index in [1.54, 1.807) is 24.3 Å². The molecule has 0 atom stereocenters. The van der Waals surface area contributed by atoms with Gasteiger partial charge in [0.05, 0.1) is 12.7 Å². The molecule has 8 heteroatoms. The lowest BCUT2D eigenvalue weighted by Gasteiger charge is -2.27. The monoisotopic (exact) mass is 312 g/mol. The second-order valence-corrected chi connectivity index (χ2v) is 4.72. The highest BCUT2D eigenvalue weighted by Crippen LogP contribution is 2.42. The van der Waals surface area contributed by atoms with Crippen LogP contribution in [-0.4, -0.2) is 29.3 Å². The minimum absolute atomic E-state index is 0.105. The molecule has 1 aliphatic rings. The van der Waals surface area contributed by atoms with Crippen LogP contribution in [0.5, 0.6) is 17.2 Å². The van der Waals surface area contributed by atoms with Crippen LogP contribution >= 0.6 is 0 Å². The molecular weight excluding hydrogens is 300 g/mol. The second-order valence-electron chi connectivity index (χ2n) is 4.72. The first-order chi connectivity index (χ1) is 11.1. The Morgan fingerprint density at radius 3 is 2.83 bits per heavy atom. The molecule has 8 nitrogen and oxygen atoms in total. The summed E-state index contributed by atoms with van der Waals surface area (Å²) in [7, 11) is 0. The molecule has 2 heterocycles. The number of hydrogen-bond acceptors (Lipinski definition) is 6. The van der Waals surface area contributed by atoms with Crippen LogP contribution in [0.15, 0.2) is 30.5 Å². The van der Waals surface area contributed by atoms with E-state index in [-0.39, 0.29) is 36.0 Å². The molecule has 116 valence electrons. The molecule has 3 N–H and O–H groups in total. The van der Waals surface area contributed by atoms with Gasteiger partial charge in [0.2, 0.25) is 5.75 Å². The van der Waals surface area contributed by atoms with Crippen molar-refractivity contribution >= 4 is 17.6 Å². The maximum atomic E-state index is 11.3. The highest BCUT2D eigenvalue weighted by molar-refractivity contribution is 5.88. The molecule has 0 aliphatic carbocycles. The third-order valence-electron chi connectivity index (χ3n) is 3.24. The number of nitriles is 1. The van der Waals surface area contributed by atoms with E-state index in [1.807, 2.05) is 6.07 Å². The lowest BCUT2D eigenvalue weighted by Crippen LogP contribution is -2.37. The maximum absolute atomic E-state index is 11.3. The molecule has 2 aromatic rings. The number of nitrogens with zero attached hydrogens (tertiary/aromatic N) is 3. The molecule has 0 spiro atoms. The average Bonchev–Trinajstić information content (AvgIpc) is 2.56. The Morgan fingerprint density at radius 1 is 1.43 bits per heavy atom. The van der Waals surface area contributed by atoms with Crippen molar-refractivity contribution in [1.82, 2.24) is 4.98 Å². The predicted octanol–water partition coefficient (Wildman–Crippen LogP) is 2.20. The van der Waals surface area contributed by atoms with Crippen LogP contribution in [0.2, 0.25) is 0 Å². The van der Waals surface area contributed by atoms with Gasteiger partial charge in [-0.15, -0.1) is 0 Å². The van der Waals surface area contributed by atoms with Crippen molar-refractivity contribution in [3.63, 3.8) is 0 Å². The number of pyridine rings is 1. The van der Waals surface area contributed by atoms with Gasteiger partial charge in [-0.2, -0.15) is 5.26 Å². The standard InChI is InChI=1S/C15H12N4O4/c16-7-9-8-18-14-13(22-6-5-19(14)15(20)21)12(9)23-11-3-1-10(17)2-4-11/h1-4,8H,5-6,17H2,(H,20,21). The lowest BCUT2D eigenvalue weighted by atomic mass is 10.2. The lowest BCUT2D eigenvalue weighted by molar-refractivity contribution is 0.195. The van der Waals surface area contributed by atoms with Gasteiger partial charge in [0, 0.05) is 5.69 Å². The van der Waals surface area contributed by atoms with Crippen LogP contribution in [0.4, 0.5) is 16.3 Å². The largest absolute Gasteiger partial charge is 0.484 e. The number of ether oxygens (including phenoxy) is 2. The van der Waals surface area contributed by atoms with Crippen molar-refractivity contribution in [3.8, 4) is 23.3 Å². The van der Waals surface area contributed by atoms with Crippen molar-refractivity contribution < 1.29 is 19.4 Å². The van der Waals surface area contributed by atoms with E-state index in [2.05, 4.69) is 4.98 Å². The van der Waals surface area contributed by atoms with Gasteiger partial charge in [0.25, 0.3) is 0 Å². The van der Waals surface area contributed by atoms with Crippen molar-refractivity contribution in [1.29, 1.82) is 5.26 Å². The number of fused-ring (bicyclic) bond motifs is 1. The van der Waals surface area contributed by atoms with Crippen LogP contribution in [0, 0.1) is 11.3 Å². The summed E-state index contributed by atoms with van der Waals surface area (Å²) in [4.78, 5) is 16.3. The van der Waals surface area contributed by atoms with Crippen molar-refractivity contribution in [2.45, 2.75) is 0 Å². The minimum Gasteiger partial charge on any atom is -0.484 e. The molecule has 1 aromatic heterocycles. The Hall–Kier alpha value is -3.47. The molecule has 1 aliphatic heterocycles. The Balaban J connectivity index is 2.07. The number of amides is 1. The zero-order valence-corrected chi connectivity index (χ0v) is 11.9. The molecule has 0 bridgehead atoms. The summed E-state index contributed by atoms with van der Waals surface area (Å²) >= 11 is 0. The highest BCUT2D eigenvalue weighted by atomic mass is 16.5. The topological polar surface area (TPSA) is 122 Å². The molecule has 0 unspecified atom stereocenters. The van der Waals surface area contributed by atoms with Crippen LogP contribution in [0.3, 0.4) is 0 Å². The van der Waals surface area contributed by atoms with Crippen molar-refractivity contribution in [3.05, 3.63) is 36.0 Å². The van der Waals surface area contributed by atoms with Crippen LogP contribution < -0.4 is 20.1 Å². The minimum atomic E-state index is -1.15. The van der Waals surface area contributed by atoms with E-state index in [9.17, 15) is 15.2 Å². The Morgan fingerprint density at radius 2 is 2.17 bits per heavy atom. The van der Waals surface area contributed by atoms with Crippen LogP contribution in [-0.2, 0) is 0 Å². The van der Waals surface area contributed by atoms with Crippen molar-refractivity contribution in [2.75, 3.05) is 23.8 Å². The maximum Gasteiger partial charge on any atom is 0.413 e. The molecular formula is C15H12N4O4. The van der Waals surface area contributed by atoms with E-state index < -0.39 is 6.09 Å². The summed E-state index contributed by atoms with van der Waals surface area (Å²) in [6, 6.07) is 8.55. The van der Waals surface area contributed by atoms with E-state index >= 15 is 0 Å². The van der Waals surface area contributed by atoms with Gasteiger partial charge in [0.15, 0.2) is 11.6 Å². The van der Waals surface area contributed by atoms with Crippen LogP contribution in [0.1, 0.15) is 5.56 Å². The number of rotatable bonds is 2. The smallest absolute Gasteiger partial charge is 0.413 e. The van der Waals surface area contributed by atoms with Crippen LogP contribution in [0.25, 0.3) is 0 Å². The van der Waals surface area contributed by atoms with Crippen molar-refractivity contribution in [2.24, 2.45) is 0 Å². The second kappa shape index (κ2) is 5.73. The van der Waals surface area contributed by atoms with E-state index in [4.69, 9.17) is 15.2 Å². The zero-order valence-electron chi connectivity index (χ0n) is 11.9. The summed E-state index contributed by atoms with van der Waals surface area (Å²) in [5.74, 6) is 0.816. The summed E-state index contributed by atoms with van der Waals surface area (Å²) in [6.07, 6.45) is 0.112. The highest BCUT2D eigenvalue weighted by Gasteiger charge is 2.29. The van der Waals surface area contributed by atoms with Gasteiger partial charge in [-0.05, 0) is 24.3 Å². The number of nitrogen functional groups attached to an aromatic ring is 1.